The first-order valence-corrected chi connectivity index (χ1v) is 9.69. The van der Waals surface area contributed by atoms with Crippen molar-refractivity contribution in [3.05, 3.63) is 53.8 Å². The first kappa shape index (κ1) is 18.4. The first-order chi connectivity index (χ1) is 13.7. The van der Waals surface area contributed by atoms with Gasteiger partial charge in [-0.15, -0.1) is 0 Å². The summed E-state index contributed by atoms with van der Waals surface area (Å²) in [6.07, 6.45) is 5.11. The number of piperazine rings is 1. The molecule has 6 nitrogen and oxygen atoms in total. The highest BCUT2D eigenvalue weighted by Gasteiger charge is 2.28. The number of aryl methyl sites for hydroxylation is 1. The molecule has 3 heterocycles. The maximum atomic E-state index is 13.3. The molecule has 0 aliphatic carbocycles. The van der Waals surface area contributed by atoms with E-state index in [1.165, 1.54) is 0 Å². The van der Waals surface area contributed by atoms with Crippen molar-refractivity contribution in [2.24, 2.45) is 0 Å². The summed E-state index contributed by atoms with van der Waals surface area (Å²) < 4.78 is 19.0. The van der Waals surface area contributed by atoms with Crippen LogP contribution in [0.4, 0.5) is 10.3 Å². The largest absolute Gasteiger partial charge is 0.460 e. The fourth-order valence-corrected chi connectivity index (χ4v) is 3.58. The van der Waals surface area contributed by atoms with Crippen molar-refractivity contribution in [3.63, 3.8) is 0 Å². The molecular weight excluding hydrogens is 359 g/mol. The molecule has 1 aliphatic rings. The van der Waals surface area contributed by atoms with Gasteiger partial charge in [0.1, 0.15) is 11.3 Å². The highest BCUT2D eigenvalue weighted by Crippen LogP contribution is 2.29. The van der Waals surface area contributed by atoms with Crippen molar-refractivity contribution in [1.82, 2.24) is 14.9 Å². The highest BCUT2D eigenvalue weighted by atomic mass is 19.1. The SMILES string of the molecule is CCCCc1oc2ccccc2c1C(=O)N1CCN(c2ncc(F)cn2)CC1. The predicted molar refractivity (Wildman–Crippen MR) is 105 cm³/mol. The molecule has 2 aromatic heterocycles. The number of furan rings is 1. The van der Waals surface area contributed by atoms with Gasteiger partial charge in [0.15, 0.2) is 5.82 Å². The summed E-state index contributed by atoms with van der Waals surface area (Å²) in [5, 5.41) is 0.878. The van der Waals surface area contributed by atoms with Crippen molar-refractivity contribution in [1.29, 1.82) is 0 Å². The Balaban J connectivity index is 1.53. The van der Waals surface area contributed by atoms with Crippen molar-refractivity contribution < 1.29 is 13.6 Å². The van der Waals surface area contributed by atoms with Crippen molar-refractivity contribution in [3.8, 4) is 0 Å². The molecule has 146 valence electrons. The normalized spacial score (nSPS) is 14.6. The number of unbranched alkanes of at least 4 members (excludes halogenated alkanes) is 1. The molecule has 1 saturated heterocycles. The summed E-state index contributed by atoms with van der Waals surface area (Å²) in [5.41, 5.74) is 1.45. The lowest BCUT2D eigenvalue weighted by molar-refractivity contribution is 0.0745. The third kappa shape index (κ3) is 3.56. The van der Waals surface area contributed by atoms with Gasteiger partial charge >= 0.3 is 0 Å². The van der Waals surface area contributed by atoms with Crippen molar-refractivity contribution in [2.45, 2.75) is 26.2 Å². The summed E-state index contributed by atoms with van der Waals surface area (Å²) in [5.74, 6) is 0.822. The van der Waals surface area contributed by atoms with Crippen LogP contribution in [0.3, 0.4) is 0 Å². The molecule has 1 fully saturated rings. The fourth-order valence-electron chi connectivity index (χ4n) is 3.58. The smallest absolute Gasteiger partial charge is 0.258 e. The molecule has 4 rings (SSSR count). The number of halogens is 1. The fraction of sp³-hybridized carbons (Fsp3) is 0.381. The molecule has 0 unspecified atom stereocenters. The molecule has 3 aromatic rings. The van der Waals surface area contributed by atoms with Crippen LogP contribution >= 0.6 is 0 Å². The molecule has 1 aromatic carbocycles. The Morgan fingerprint density at radius 1 is 1.14 bits per heavy atom. The Hall–Kier alpha value is -2.96. The number of hydrogen-bond acceptors (Lipinski definition) is 5. The number of aromatic nitrogens is 2. The van der Waals surface area contributed by atoms with Crippen molar-refractivity contribution >= 4 is 22.8 Å². The van der Waals surface area contributed by atoms with Crippen LogP contribution in [0.15, 0.2) is 41.1 Å². The van der Waals surface area contributed by atoms with E-state index in [1.807, 2.05) is 34.1 Å². The summed E-state index contributed by atoms with van der Waals surface area (Å²) in [7, 11) is 0. The van der Waals surface area contributed by atoms with Crippen LogP contribution in [0.2, 0.25) is 0 Å². The number of carbonyl (C=O) groups is 1. The molecule has 1 aliphatic heterocycles. The molecule has 0 atom stereocenters. The number of hydrogen-bond donors (Lipinski definition) is 0. The van der Waals surface area contributed by atoms with Crippen LogP contribution in [0.25, 0.3) is 11.0 Å². The zero-order valence-corrected chi connectivity index (χ0v) is 15.9. The van der Waals surface area contributed by atoms with Gasteiger partial charge in [-0.1, -0.05) is 31.5 Å². The van der Waals surface area contributed by atoms with Gasteiger partial charge in [-0.25, -0.2) is 14.4 Å². The molecule has 0 spiro atoms. The number of fused-ring (bicyclic) bond motifs is 1. The predicted octanol–water partition coefficient (Wildman–Crippen LogP) is 3.67. The van der Waals surface area contributed by atoms with E-state index < -0.39 is 5.82 Å². The number of anilines is 1. The van der Waals surface area contributed by atoms with Crippen LogP contribution in [0, 0.1) is 5.82 Å². The van der Waals surface area contributed by atoms with Crippen molar-refractivity contribution in [2.75, 3.05) is 31.1 Å². The number of nitrogens with zero attached hydrogens (tertiary/aromatic N) is 4. The van der Waals surface area contributed by atoms with Crippen LogP contribution in [0.5, 0.6) is 0 Å². The lowest BCUT2D eigenvalue weighted by Gasteiger charge is -2.34. The van der Waals surface area contributed by atoms with Crippen LogP contribution in [0.1, 0.15) is 35.9 Å². The Morgan fingerprint density at radius 3 is 2.57 bits per heavy atom. The van der Waals surface area contributed by atoms with Gasteiger partial charge < -0.3 is 14.2 Å². The van der Waals surface area contributed by atoms with Gasteiger partial charge in [-0.05, 0) is 12.5 Å². The van der Waals surface area contributed by atoms with Gasteiger partial charge in [-0.2, -0.15) is 0 Å². The van der Waals surface area contributed by atoms with E-state index >= 15 is 0 Å². The standard InChI is InChI=1S/C21H23FN4O2/c1-2-3-7-18-19(16-6-4-5-8-17(16)28-18)20(27)25-9-11-26(12-10-25)21-23-13-15(22)14-24-21/h4-6,8,13-14H,2-3,7,9-12H2,1H3. The second-order valence-electron chi connectivity index (χ2n) is 6.98. The van der Waals surface area contributed by atoms with E-state index in [1.54, 1.807) is 0 Å². The van der Waals surface area contributed by atoms with E-state index in [4.69, 9.17) is 4.42 Å². The van der Waals surface area contributed by atoms with E-state index in [9.17, 15) is 9.18 Å². The average Bonchev–Trinajstić information content (AvgIpc) is 3.10. The van der Waals surface area contributed by atoms with E-state index in [2.05, 4.69) is 16.9 Å². The van der Waals surface area contributed by atoms with Gasteiger partial charge in [0, 0.05) is 38.0 Å². The Bertz CT molecular complexity index is 962. The maximum Gasteiger partial charge on any atom is 0.258 e. The molecular formula is C21H23FN4O2. The summed E-state index contributed by atoms with van der Waals surface area (Å²) >= 11 is 0. The molecule has 0 radical (unpaired) electrons. The third-order valence-corrected chi connectivity index (χ3v) is 5.10. The van der Waals surface area contributed by atoms with Gasteiger partial charge in [0.25, 0.3) is 5.91 Å². The minimum atomic E-state index is -0.455. The van der Waals surface area contributed by atoms with Gasteiger partial charge in [-0.3, -0.25) is 4.79 Å². The number of amides is 1. The number of benzene rings is 1. The quantitative estimate of drug-likeness (QED) is 0.674. The topological polar surface area (TPSA) is 62.5 Å². The molecule has 0 N–H and O–H groups in total. The third-order valence-electron chi connectivity index (χ3n) is 5.10. The van der Waals surface area contributed by atoms with Crippen LogP contribution in [-0.4, -0.2) is 47.0 Å². The van der Waals surface area contributed by atoms with E-state index in [0.717, 1.165) is 48.4 Å². The zero-order chi connectivity index (χ0) is 19.5. The summed E-state index contributed by atoms with van der Waals surface area (Å²) in [4.78, 5) is 25.2. The Kier molecular flexibility index (Phi) is 5.23. The first-order valence-electron chi connectivity index (χ1n) is 9.69. The number of carbonyl (C=O) groups excluding carboxylic acids is 1. The molecule has 28 heavy (non-hydrogen) atoms. The lowest BCUT2D eigenvalue weighted by Crippen LogP contribution is -2.49. The maximum absolute atomic E-state index is 13.3. The zero-order valence-electron chi connectivity index (χ0n) is 15.9. The lowest BCUT2D eigenvalue weighted by atomic mass is 10.1. The summed E-state index contributed by atoms with van der Waals surface area (Å²) in [6.45, 7) is 4.47. The monoisotopic (exact) mass is 382 g/mol. The second kappa shape index (κ2) is 7.96. The molecule has 0 bridgehead atoms. The number of rotatable bonds is 5. The average molecular weight is 382 g/mol. The van der Waals surface area contributed by atoms with Gasteiger partial charge in [0.05, 0.1) is 18.0 Å². The Morgan fingerprint density at radius 2 is 1.86 bits per heavy atom. The minimum Gasteiger partial charge on any atom is -0.460 e. The van der Waals surface area contributed by atoms with Gasteiger partial charge in [0.2, 0.25) is 5.95 Å². The molecule has 1 amide bonds. The number of para-hydroxylation sites is 1. The van der Waals surface area contributed by atoms with Crippen LogP contribution < -0.4 is 4.90 Å². The minimum absolute atomic E-state index is 0.00993. The molecule has 7 heteroatoms. The molecule has 0 saturated carbocycles. The second-order valence-corrected chi connectivity index (χ2v) is 6.98. The van der Waals surface area contributed by atoms with Crippen LogP contribution in [-0.2, 0) is 6.42 Å². The van der Waals surface area contributed by atoms with E-state index in [0.29, 0.717) is 37.7 Å². The summed E-state index contributed by atoms with van der Waals surface area (Å²) in [6, 6.07) is 7.71. The van der Waals surface area contributed by atoms with E-state index in [-0.39, 0.29) is 5.91 Å². The highest BCUT2D eigenvalue weighted by molar-refractivity contribution is 6.07. The Labute approximate surface area is 163 Å².